The molecule has 0 heterocycles. The summed E-state index contributed by atoms with van der Waals surface area (Å²) >= 11 is 0. The molecule has 98 valence electrons. The molecule has 17 heavy (non-hydrogen) atoms. The SMILES string of the molecule is O=C(NCC1CCCCC1O)C1CCCC1O. The van der Waals surface area contributed by atoms with Gasteiger partial charge in [-0.05, 0) is 32.1 Å². The third kappa shape index (κ3) is 3.19. The lowest BCUT2D eigenvalue weighted by Crippen LogP contribution is -2.41. The first-order valence-electron chi connectivity index (χ1n) is 6.82. The summed E-state index contributed by atoms with van der Waals surface area (Å²) in [5, 5.41) is 22.3. The predicted octanol–water partition coefficient (Wildman–Crippen LogP) is 0.815. The lowest BCUT2D eigenvalue weighted by molar-refractivity contribution is -0.127. The Morgan fingerprint density at radius 1 is 1.00 bits per heavy atom. The molecule has 4 atom stereocenters. The predicted molar refractivity (Wildman–Crippen MR) is 64.3 cm³/mol. The molecule has 4 heteroatoms. The Balaban J connectivity index is 1.75. The van der Waals surface area contributed by atoms with E-state index >= 15 is 0 Å². The van der Waals surface area contributed by atoms with Crippen molar-refractivity contribution in [3.05, 3.63) is 0 Å². The van der Waals surface area contributed by atoms with E-state index in [0.717, 1.165) is 44.9 Å². The topological polar surface area (TPSA) is 69.6 Å². The fourth-order valence-electron chi connectivity index (χ4n) is 3.04. The number of amides is 1. The van der Waals surface area contributed by atoms with E-state index in [-0.39, 0.29) is 23.8 Å². The van der Waals surface area contributed by atoms with E-state index in [1.165, 1.54) is 0 Å². The minimum absolute atomic E-state index is 0.0345. The molecule has 0 aliphatic heterocycles. The molecule has 0 bridgehead atoms. The molecule has 4 unspecified atom stereocenters. The number of hydrogen-bond acceptors (Lipinski definition) is 3. The Kier molecular flexibility index (Phi) is 4.40. The highest BCUT2D eigenvalue weighted by atomic mass is 16.3. The van der Waals surface area contributed by atoms with E-state index in [4.69, 9.17) is 0 Å². The van der Waals surface area contributed by atoms with Crippen molar-refractivity contribution in [3.8, 4) is 0 Å². The van der Waals surface area contributed by atoms with E-state index in [1.54, 1.807) is 0 Å². The van der Waals surface area contributed by atoms with Crippen LogP contribution in [0.2, 0.25) is 0 Å². The lowest BCUT2D eigenvalue weighted by Gasteiger charge is -2.28. The van der Waals surface area contributed by atoms with Gasteiger partial charge in [0.2, 0.25) is 5.91 Å². The molecule has 0 radical (unpaired) electrons. The summed E-state index contributed by atoms with van der Waals surface area (Å²) in [6, 6.07) is 0. The number of nitrogens with one attached hydrogen (secondary N) is 1. The zero-order chi connectivity index (χ0) is 12.3. The molecule has 2 saturated carbocycles. The fourth-order valence-corrected chi connectivity index (χ4v) is 3.04. The quantitative estimate of drug-likeness (QED) is 0.685. The van der Waals surface area contributed by atoms with Gasteiger partial charge in [0, 0.05) is 12.5 Å². The Labute approximate surface area is 102 Å². The van der Waals surface area contributed by atoms with E-state index in [0.29, 0.717) is 6.54 Å². The van der Waals surface area contributed by atoms with Crippen molar-refractivity contribution in [3.63, 3.8) is 0 Å². The van der Waals surface area contributed by atoms with Crippen molar-refractivity contribution in [2.24, 2.45) is 11.8 Å². The average molecular weight is 241 g/mol. The monoisotopic (exact) mass is 241 g/mol. The van der Waals surface area contributed by atoms with Crippen molar-refractivity contribution >= 4 is 5.91 Å². The number of aliphatic hydroxyl groups excluding tert-OH is 2. The minimum atomic E-state index is -0.466. The van der Waals surface area contributed by atoms with Crippen molar-refractivity contribution in [1.82, 2.24) is 5.32 Å². The zero-order valence-electron chi connectivity index (χ0n) is 10.3. The van der Waals surface area contributed by atoms with Crippen LogP contribution in [0.5, 0.6) is 0 Å². The number of carbonyl (C=O) groups excluding carboxylic acids is 1. The minimum Gasteiger partial charge on any atom is -0.393 e. The molecule has 1 amide bonds. The van der Waals surface area contributed by atoms with Crippen molar-refractivity contribution in [1.29, 1.82) is 0 Å². The second-order valence-corrected chi connectivity index (χ2v) is 5.46. The first kappa shape index (κ1) is 12.8. The van der Waals surface area contributed by atoms with Crippen molar-refractivity contribution in [2.45, 2.75) is 57.2 Å². The molecule has 4 nitrogen and oxygen atoms in total. The van der Waals surface area contributed by atoms with Crippen LogP contribution in [0, 0.1) is 11.8 Å². The van der Waals surface area contributed by atoms with Gasteiger partial charge in [-0.25, -0.2) is 0 Å². The molecule has 0 spiro atoms. The van der Waals surface area contributed by atoms with E-state index in [2.05, 4.69) is 5.32 Å². The van der Waals surface area contributed by atoms with Gasteiger partial charge in [-0.2, -0.15) is 0 Å². The largest absolute Gasteiger partial charge is 0.393 e. The van der Waals surface area contributed by atoms with E-state index in [9.17, 15) is 15.0 Å². The zero-order valence-corrected chi connectivity index (χ0v) is 10.3. The fraction of sp³-hybridized carbons (Fsp3) is 0.923. The lowest BCUT2D eigenvalue weighted by atomic mass is 9.86. The molecule has 2 aliphatic carbocycles. The Hall–Kier alpha value is -0.610. The summed E-state index contributed by atoms with van der Waals surface area (Å²) in [4.78, 5) is 11.9. The highest BCUT2D eigenvalue weighted by molar-refractivity contribution is 5.79. The van der Waals surface area contributed by atoms with Crippen LogP contribution in [-0.2, 0) is 4.79 Å². The van der Waals surface area contributed by atoms with Crippen LogP contribution < -0.4 is 5.32 Å². The molecular weight excluding hydrogens is 218 g/mol. The maximum atomic E-state index is 11.9. The Bertz CT molecular complexity index is 269. The van der Waals surface area contributed by atoms with Gasteiger partial charge in [0.15, 0.2) is 0 Å². The summed E-state index contributed by atoms with van der Waals surface area (Å²) in [7, 11) is 0. The average Bonchev–Trinajstić information content (AvgIpc) is 2.74. The van der Waals surface area contributed by atoms with Gasteiger partial charge >= 0.3 is 0 Å². The maximum Gasteiger partial charge on any atom is 0.225 e. The summed E-state index contributed by atoms with van der Waals surface area (Å²) < 4.78 is 0. The molecule has 0 saturated heterocycles. The number of hydrogen-bond donors (Lipinski definition) is 3. The van der Waals surface area contributed by atoms with E-state index < -0.39 is 6.10 Å². The first-order chi connectivity index (χ1) is 8.18. The maximum absolute atomic E-state index is 11.9. The van der Waals surface area contributed by atoms with Crippen LogP contribution in [0.1, 0.15) is 44.9 Å². The van der Waals surface area contributed by atoms with Crippen LogP contribution >= 0.6 is 0 Å². The smallest absolute Gasteiger partial charge is 0.225 e. The van der Waals surface area contributed by atoms with Crippen molar-refractivity contribution < 1.29 is 15.0 Å². The third-order valence-corrected chi connectivity index (χ3v) is 4.22. The second kappa shape index (κ2) is 5.83. The third-order valence-electron chi connectivity index (χ3n) is 4.22. The standard InChI is InChI=1S/C13H23NO3/c15-11-6-2-1-4-9(11)8-14-13(17)10-5-3-7-12(10)16/h9-12,15-16H,1-8H2,(H,14,17). The molecule has 2 fully saturated rings. The summed E-state index contributed by atoms with van der Waals surface area (Å²) in [6.07, 6.45) is 5.82. The van der Waals surface area contributed by atoms with Gasteiger partial charge in [0.25, 0.3) is 0 Å². The second-order valence-electron chi connectivity index (χ2n) is 5.46. The molecular formula is C13H23NO3. The molecule has 3 N–H and O–H groups in total. The molecule has 0 aromatic carbocycles. The van der Waals surface area contributed by atoms with Gasteiger partial charge in [0.05, 0.1) is 18.1 Å². The van der Waals surface area contributed by atoms with E-state index in [1.807, 2.05) is 0 Å². The van der Waals surface area contributed by atoms with Crippen LogP contribution in [0.25, 0.3) is 0 Å². The number of aliphatic hydroxyl groups is 2. The van der Waals surface area contributed by atoms with Gasteiger partial charge < -0.3 is 15.5 Å². The molecule has 2 rings (SSSR count). The van der Waals surface area contributed by atoms with Gasteiger partial charge in [-0.15, -0.1) is 0 Å². The van der Waals surface area contributed by atoms with Crippen LogP contribution in [0.4, 0.5) is 0 Å². The highest BCUT2D eigenvalue weighted by Crippen LogP contribution is 2.26. The summed E-state index contributed by atoms with van der Waals surface area (Å²) in [6.45, 7) is 0.559. The van der Waals surface area contributed by atoms with Gasteiger partial charge in [-0.3, -0.25) is 4.79 Å². The Morgan fingerprint density at radius 2 is 1.71 bits per heavy atom. The Morgan fingerprint density at radius 3 is 2.35 bits per heavy atom. The molecule has 0 aromatic heterocycles. The van der Waals surface area contributed by atoms with Crippen LogP contribution in [0.3, 0.4) is 0 Å². The normalized spacial score (nSPS) is 38.0. The van der Waals surface area contributed by atoms with Gasteiger partial charge in [-0.1, -0.05) is 12.8 Å². The number of carbonyl (C=O) groups is 1. The molecule has 2 aliphatic rings. The van der Waals surface area contributed by atoms with Crippen LogP contribution in [0.15, 0.2) is 0 Å². The van der Waals surface area contributed by atoms with Crippen molar-refractivity contribution in [2.75, 3.05) is 6.54 Å². The number of rotatable bonds is 3. The van der Waals surface area contributed by atoms with Gasteiger partial charge in [0.1, 0.15) is 0 Å². The van der Waals surface area contributed by atoms with Crippen LogP contribution in [-0.4, -0.2) is 34.9 Å². The summed E-state index contributed by atoms with van der Waals surface area (Å²) in [5.74, 6) is -0.0604. The first-order valence-corrected chi connectivity index (χ1v) is 6.82. The highest BCUT2D eigenvalue weighted by Gasteiger charge is 2.32. The molecule has 0 aromatic rings. The summed E-state index contributed by atoms with van der Waals surface area (Å²) in [5.41, 5.74) is 0.